The molecule has 0 saturated heterocycles. The number of esters is 4. The van der Waals surface area contributed by atoms with Crippen molar-refractivity contribution in [3.05, 3.63) is 48.6 Å². The molecule has 0 aromatic heterocycles. The van der Waals surface area contributed by atoms with Crippen LogP contribution >= 0.6 is 15.6 Å². The minimum Gasteiger partial charge on any atom is -0.756 e. The molecule has 0 N–H and O–H groups in total. The third-order valence-corrected chi connectivity index (χ3v) is 8.63. The van der Waals surface area contributed by atoms with Crippen molar-refractivity contribution in [2.45, 2.75) is 27.7 Å². The fourth-order valence-corrected chi connectivity index (χ4v) is 4.80. The molecular formula is C40H68CaO24P2. The van der Waals surface area contributed by atoms with Crippen molar-refractivity contribution in [3.63, 3.8) is 0 Å². The number of hydrogen-bond acceptors (Lipinski definition) is 24. The monoisotopic (exact) mass is 1030 g/mol. The second-order valence-corrected chi connectivity index (χ2v) is 15.6. The van der Waals surface area contributed by atoms with Crippen LogP contribution in [-0.4, -0.2) is 220 Å². The maximum atomic E-state index is 11.6. The summed E-state index contributed by atoms with van der Waals surface area (Å²) in [4.78, 5) is 67.6. The van der Waals surface area contributed by atoms with Gasteiger partial charge in [0.15, 0.2) is 0 Å². The van der Waals surface area contributed by atoms with Crippen molar-refractivity contribution >= 4 is 77.3 Å². The Kier molecular flexibility index (Phi) is 48.0. The third-order valence-electron chi connectivity index (χ3n) is 6.63. The van der Waals surface area contributed by atoms with Gasteiger partial charge in [-0.05, 0) is 27.7 Å². The van der Waals surface area contributed by atoms with Crippen LogP contribution in [0.5, 0.6) is 0 Å². The summed E-state index contributed by atoms with van der Waals surface area (Å²) in [5.74, 6) is -1.92. The number of ether oxygens (including phenoxy) is 12. The quantitative estimate of drug-likeness (QED) is 0.0207. The van der Waals surface area contributed by atoms with Gasteiger partial charge in [-0.25, -0.2) is 19.2 Å². The first-order valence-corrected chi connectivity index (χ1v) is 23.4. The van der Waals surface area contributed by atoms with Gasteiger partial charge >= 0.3 is 61.6 Å². The number of phosphoric acid groups is 2. The molecule has 0 aliphatic rings. The van der Waals surface area contributed by atoms with Gasteiger partial charge in [-0.1, -0.05) is 26.3 Å². The Hall–Kier alpha value is -2.00. The summed E-state index contributed by atoms with van der Waals surface area (Å²) >= 11 is 0. The Morgan fingerprint density at radius 3 is 0.597 bits per heavy atom. The van der Waals surface area contributed by atoms with Gasteiger partial charge in [0, 0.05) is 22.3 Å². The van der Waals surface area contributed by atoms with Gasteiger partial charge in [0.2, 0.25) is 0 Å². The Morgan fingerprint density at radius 1 is 0.313 bits per heavy atom. The molecule has 0 unspecified atom stereocenters. The molecule has 0 heterocycles. The van der Waals surface area contributed by atoms with E-state index >= 15 is 0 Å². The van der Waals surface area contributed by atoms with E-state index in [1.54, 1.807) is 27.7 Å². The first-order valence-electron chi connectivity index (χ1n) is 20.4. The zero-order valence-corrected chi connectivity index (χ0v) is 43.2. The normalized spacial score (nSPS) is 11.1. The summed E-state index contributed by atoms with van der Waals surface area (Å²) in [5, 5.41) is 0. The number of rotatable bonds is 44. The second kappa shape index (κ2) is 46.4. The molecule has 0 radical (unpaired) electrons. The average Bonchev–Trinajstić information content (AvgIpc) is 3.25. The Morgan fingerprint density at radius 2 is 0.448 bits per heavy atom. The Bertz CT molecular complexity index is 1290. The topological polar surface area (TPSA) is 296 Å². The van der Waals surface area contributed by atoms with Gasteiger partial charge in [-0.3, -0.25) is 9.13 Å². The van der Waals surface area contributed by atoms with Crippen LogP contribution in [0.4, 0.5) is 0 Å². The summed E-state index contributed by atoms with van der Waals surface area (Å²) in [7, 11) is -8.90. The van der Waals surface area contributed by atoms with E-state index in [1.165, 1.54) is 0 Å². The molecule has 24 nitrogen and oxygen atoms in total. The minimum atomic E-state index is -4.45. The molecule has 384 valence electrons. The molecule has 0 amide bonds. The van der Waals surface area contributed by atoms with Crippen molar-refractivity contribution in [2.24, 2.45) is 0 Å². The Balaban J connectivity index is -0.00000120. The summed E-state index contributed by atoms with van der Waals surface area (Å²) in [5.41, 5.74) is 1.25. The number of carbonyl (C=O) groups is 4. The summed E-state index contributed by atoms with van der Waals surface area (Å²) in [6.45, 7) is 22.4. The van der Waals surface area contributed by atoms with Crippen LogP contribution in [0, 0.1) is 0 Å². The van der Waals surface area contributed by atoms with E-state index in [1.807, 2.05) is 0 Å². The van der Waals surface area contributed by atoms with Crippen molar-refractivity contribution in [1.29, 1.82) is 0 Å². The number of carbonyl (C=O) groups excluding carboxylic acids is 4. The number of hydrogen-bond donors (Lipinski definition) is 0. The van der Waals surface area contributed by atoms with E-state index in [2.05, 4.69) is 44.4 Å². The van der Waals surface area contributed by atoms with Gasteiger partial charge in [-0.15, -0.1) is 0 Å². The van der Waals surface area contributed by atoms with Crippen molar-refractivity contribution < 1.29 is 113 Å². The summed E-state index contributed by atoms with van der Waals surface area (Å²) in [6.07, 6.45) is 0. The predicted octanol–water partition coefficient (Wildman–Crippen LogP) is 1.21. The van der Waals surface area contributed by atoms with Crippen LogP contribution in [0.3, 0.4) is 0 Å². The van der Waals surface area contributed by atoms with Gasteiger partial charge in [0.1, 0.15) is 26.4 Å². The smallest absolute Gasteiger partial charge is 0.756 e. The van der Waals surface area contributed by atoms with E-state index in [0.29, 0.717) is 22.3 Å². The van der Waals surface area contributed by atoms with Gasteiger partial charge in [-0.2, -0.15) is 0 Å². The van der Waals surface area contributed by atoms with Crippen molar-refractivity contribution in [1.82, 2.24) is 0 Å². The maximum absolute atomic E-state index is 11.6. The van der Waals surface area contributed by atoms with Gasteiger partial charge < -0.3 is 84.7 Å². The second-order valence-electron chi connectivity index (χ2n) is 12.8. The fraction of sp³-hybridized carbons (Fsp3) is 0.700. The van der Waals surface area contributed by atoms with Crippen LogP contribution in [0.25, 0.3) is 0 Å². The standard InChI is InChI=1S/2C20H35O12P.Ca/c2*1-17(2)19(21)29-13-9-25-5-7-27-11-15-31-33(23,24)32-16-12-28-8-6-26-10-14-30-20(22)18(3)4;/h2*1,3,5-16H2,2,4H3,(H,23,24);/q;;+2/p-2. The van der Waals surface area contributed by atoms with E-state index in [9.17, 15) is 38.1 Å². The molecule has 67 heavy (non-hydrogen) atoms. The van der Waals surface area contributed by atoms with Crippen LogP contribution in [0.15, 0.2) is 48.6 Å². The molecule has 0 aromatic rings. The molecule has 0 fully saturated rings. The molecule has 0 aliphatic carbocycles. The first kappa shape index (κ1) is 69.3. The molecule has 0 aromatic carbocycles. The SMILES string of the molecule is C=C(C)C(=O)OCCOCCOCCOP(=O)([O-])OCCOCCOCCOC(=O)C(=C)C.C=C(C)C(=O)OCCOCCOCCOP(=O)([O-])OCCOCCOCCOC(=O)C(=C)C.[Ca+2]. The van der Waals surface area contributed by atoms with E-state index < -0.39 is 39.5 Å². The predicted molar refractivity (Wildman–Crippen MR) is 234 cm³/mol. The van der Waals surface area contributed by atoms with Gasteiger partial charge in [0.05, 0.1) is 132 Å². The molecule has 0 spiro atoms. The minimum absolute atomic E-state index is 0. The molecule has 0 bridgehead atoms. The zero-order valence-electron chi connectivity index (χ0n) is 39.2. The molecule has 0 saturated carbocycles. The van der Waals surface area contributed by atoms with Crippen LogP contribution < -0.4 is 9.79 Å². The van der Waals surface area contributed by atoms with Crippen LogP contribution in [0.1, 0.15) is 27.7 Å². The average molecular weight is 1030 g/mol. The number of phosphoric ester groups is 2. The van der Waals surface area contributed by atoms with E-state index in [4.69, 9.17) is 56.8 Å². The molecular weight excluding hydrogens is 966 g/mol. The van der Waals surface area contributed by atoms with Crippen LogP contribution in [-0.2, 0) is 103 Å². The molecule has 0 aliphatic heterocycles. The largest absolute Gasteiger partial charge is 2.00 e. The van der Waals surface area contributed by atoms with E-state index in [-0.39, 0.29) is 196 Å². The molecule has 0 atom stereocenters. The molecule has 0 rings (SSSR count). The summed E-state index contributed by atoms with van der Waals surface area (Å²) in [6, 6.07) is 0. The summed E-state index contributed by atoms with van der Waals surface area (Å²) < 4.78 is 102. The van der Waals surface area contributed by atoms with Crippen molar-refractivity contribution in [2.75, 3.05) is 159 Å². The van der Waals surface area contributed by atoms with E-state index in [0.717, 1.165) is 0 Å². The molecule has 27 heteroatoms. The van der Waals surface area contributed by atoms with Crippen molar-refractivity contribution in [3.8, 4) is 0 Å². The maximum Gasteiger partial charge on any atom is 2.00 e. The van der Waals surface area contributed by atoms with Gasteiger partial charge in [0.25, 0.3) is 15.6 Å². The third kappa shape index (κ3) is 50.2. The fourth-order valence-electron chi connectivity index (χ4n) is 3.46. The first-order chi connectivity index (χ1) is 31.3. The Labute approximate surface area is 422 Å². The van der Waals surface area contributed by atoms with Crippen LogP contribution in [0.2, 0.25) is 0 Å². The zero-order chi connectivity index (χ0) is 49.9.